The molecule has 1 heterocycles. The van der Waals surface area contributed by atoms with Crippen molar-refractivity contribution in [1.29, 1.82) is 0 Å². The smallest absolute Gasteiger partial charge is 0.347 e. The van der Waals surface area contributed by atoms with E-state index in [4.69, 9.17) is 0 Å². The minimum absolute atomic E-state index is 0.412. The lowest BCUT2D eigenvalue weighted by molar-refractivity contribution is 0.0700. The lowest BCUT2D eigenvalue weighted by Gasteiger charge is -2.16. The van der Waals surface area contributed by atoms with Gasteiger partial charge in [0.1, 0.15) is 4.88 Å². The van der Waals surface area contributed by atoms with Gasteiger partial charge in [0.2, 0.25) is 0 Å². The van der Waals surface area contributed by atoms with Crippen molar-refractivity contribution in [2.24, 2.45) is 0 Å². The van der Waals surface area contributed by atoms with Crippen LogP contribution in [0.4, 0.5) is 0 Å². The number of likely N-dealkylation sites (N-methyl/N-ethyl adjacent to an activating group) is 1. The molecule has 0 aromatic carbocycles. The lowest BCUT2D eigenvalue weighted by Crippen LogP contribution is -2.25. The van der Waals surface area contributed by atoms with Crippen LogP contribution in [0.3, 0.4) is 0 Å². The van der Waals surface area contributed by atoms with Gasteiger partial charge in [-0.15, -0.1) is 11.3 Å². The predicted octanol–water partition coefficient (Wildman–Crippen LogP) is 2.60. The minimum Gasteiger partial charge on any atom is -0.477 e. The van der Waals surface area contributed by atoms with E-state index in [-0.39, 0.29) is 0 Å². The zero-order valence-corrected chi connectivity index (χ0v) is 11.8. The molecule has 1 aliphatic rings. The van der Waals surface area contributed by atoms with Gasteiger partial charge in [-0.25, -0.2) is 9.78 Å². The highest BCUT2D eigenvalue weighted by Gasteiger charge is 2.31. The number of hydrogen-bond donors (Lipinski definition) is 1. The Hall–Kier alpha value is -0.940. The van der Waals surface area contributed by atoms with Crippen molar-refractivity contribution in [2.45, 2.75) is 39.0 Å². The number of carboxylic acids is 1. The Morgan fingerprint density at radius 1 is 1.44 bits per heavy atom. The van der Waals surface area contributed by atoms with Crippen LogP contribution in [-0.4, -0.2) is 40.6 Å². The van der Waals surface area contributed by atoms with Crippen molar-refractivity contribution in [3.05, 3.63) is 15.6 Å². The summed E-state index contributed by atoms with van der Waals surface area (Å²) in [5.74, 6) is -0.405. The Balaban J connectivity index is 2.04. The van der Waals surface area contributed by atoms with E-state index in [0.717, 1.165) is 49.6 Å². The number of carboxylic acid groups (broad SMARTS) is 1. The van der Waals surface area contributed by atoms with Crippen LogP contribution in [0.5, 0.6) is 0 Å². The fourth-order valence-electron chi connectivity index (χ4n) is 2.07. The van der Waals surface area contributed by atoms with Gasteiger partial charge in [0.15, 0.2) is 0 Å². The molecule has 18 heavy (non-hydrogen) atoms. The average Bonchev–Trinajstić information content (AvgIpc) is 3.11. The number of aromatic carboxylic acids is 1. The molecular formula is C13H20N2O2S. The van der Waals surface area contributed by atoms with E-state index in [9.17, 15) is 9.90 Å². The Morgan fingerprint density at radius 3 is 2.61 bits per heavy atom. The Bertz CT molecular complexity index is 423. The lowest BCUT2D eigenvalue weighted by atomic mass is 10.2. The van der Waals surface area contributed by atoms with Crippen LogP contribution in [0.1, 0.15) is 53.0 Å². The number of hydrogen-bond acceptors (Lipinski definition) is 4. The standard InChI is InChI=1S/C13H20N2O2S/c1-3-15(4-2)8-7-10-14-11(9-5-6-9)12(18-10)13(16)17/h9H,3-8H2,1-2H3,(H,16,17). The fraction of sp³-hybridized carbons (Fsp3) is 0.692. The van der Waals surface area contributed by atoms with Gasteiger partial charge in [-0.2, -0.15) is 0 Å². The summed E-state index contributed by atoms with van der Waals surface area (Å²) in [6.07, 6.45) is 3.05. The van der Waals surface area contributed by atoms with Crippen LogP contribution in [0.15, 0.2) is 0 Å². The van der Waals surface area contributed by atoms with Crippen LogP contribution in [-0.2, 0) is 6.42 Å². The summed E-state index contributed by atoms with van der Waals surface area (Å²) in [4.78, 5) is 18.5. The summed E-state index contributed by atoms with van der Waals surface area (Å²) >= 11 is 1.36. The van der Waals surface area contributed by atoms with E-state index >= 15 is 0 Å². The van der Waals surface area contributed by atoms with Crippen molar-refractivity contribution < 1.29 is 9.90 Å². The molecule has 2 rings (SSSR count). The van der Waals surface area contributed by atoms with Gasteiger partial charge in [0, 0.05) is 18.9 Å². The molecule has 1 N–H and O–H groups in total. The molecule has 0 spiro atoms. The van der Waals surface area contributed by atoms with E-state index in [1.807, 2.05) is 0 Å². The molecule has 0 unspecified atom stereocenters. The van der Waals surface area contributed by atoms with Crippen LogP contribution in [0.2, 0.25) is 0 Å². The van der Waals surface area contributed by atoms with E-state index in [1.54, 1.807) is 0 Å². The number of nitrogens with zero attached hydrogens (tertiary/aromatic N) is 2. The number of aromatic nitrogens is 1. The maximum absolute atomic E-state index is 11.2. The van der Waals surface area contributed by atoms with Gasteiger partial charge in [0.25, 0.3) is 0 Å². The molecule has 0 atom stereocenters. The van der Waals surface area contributed by atoms with Crippen LogP contribution < -0.4 is 0 Å². The monoisotopic (exact) mass is 268 g/mol. The minimum atomic E-state index is -0.816. The summed E-state index contributed by atoms with van der Waals surface area (Å²) in [6.45, 7) is 7.31. The van der Waals surface area contributed by atoms with Crippen LogP contribution >= 0.6 is 11.3 Å². The van der Waals surface area contributed by atoms with Crippen molar-refractivity contribution in [3.8, 4) is 0 Å². The van der Waals surface area contributed by atoms with Gasteiger partial charge in [-0.05, 0) is 25.9 Å². The van der Waals surface area contributed by atoms with Crippen molar-refractivity contribution in [1.82, 2.24) is 9.88 Å². The maximum Gasteiger partial charge on any atom is 0.347 e. The number of carbonyl (C=O) groups is 1. The zero-order chi connectivity index (χ0) is 13.1. The molecule has 1 aromatic rings. The molecule has 4 nitrogen and oxygen atoms in total. The van der Waals surface area contributed by atoms with Crippen molar-refractivity contribution >= 4 is 17.3 Å². The second kappa shape index (κ2) is 5.80. The molecule has 0 amide bonds. The number of rotatable bonds is 7. The number of thiazole rings is 1. The molecule has 1 fully saturated rings. The zero-order valence-electron chi connectivity index (χ0n) is 11.0. The molecule has 100 valence electrons. The predicted molar refractivity (Wildman–Crippen MR) is 72.5 cm³/mol. The van der Waals surface area contributed by atoms with Gasteiger partial charge >= 0.3 is 5.97 Å². The SMILES string of the molecule is CCN(CC)CCc1nc(C2CC2)c(C(=O)O)s1. The Kier molecular flexibility index (Phi) is 4.35. The largest absolute Gasteiger partial charge is 0.477 e. The first-order valence-corrected chi connectivity index (χ1v) is 7.42. The summed E-state index contributed by atoms with van der Waals surface area (Å²) in [6, 6.07) is 0. The normalized spacial score (nSPS) is 15.3. The van der Waals surface area contributed by atoms with Crippen LogP contribution in [0.25, 0.3) is 0 Å². The molecule has 1 saturated carbocycles. The van der Waals surface area contributed by atoms with Gasteiger partial charge in [-0.3, -0.25) is 0 Å². The third kappa shape index (κ3) is 3.09. The van der Waals surface area contributed by atoms with E-state index in [0.29, 0.717) is 10.8 Å². The van der Waals surface area contributed by atoms with Crippen molar-refractivity contribution in [3.63, 3.8) is 0 Å². The van der Waals surface area contributed by atoms with Crippen molar-refractivity contribution in [2.75, 3.05) is 19.6 Å². The molecule has 0 aliphatic heterocycles. The first-order chi connectivity index (χ1) is 8.65. The molecule has 0 saturated heterocycles. The average molecular weight is 268 g/mol. The van der Waals surface area contributed by atoms with Crippen LogP contribution in [0, 0.1) is 0 Å². The van der Waals surface area contributed by atoms with E-state index in [2.05, 4.69) is 23.7 Å². The van der Waals surface area contributed by atoms with E-state index < -0.39 is 5.97 Å². The van der Waals surface area contributed by atoms with Gasteiger partial charge in [-0.1, -0.05) is 13.8 Å². The second-order valence-corrected chi connectivity index (χ2v) is 5.76. The molecule has 1 aliphatic carbocycles. The van der Waals surface area contributed by atoms with E-state index in [1.165, 1.54) is 11.3 Å². The summed E-state index contributed by atoms with van der Waals surface area (Å²) < 4.78 is 0. The third-order valence-electron chi connectivity index (χ3n) is 3.39. The Morgan fingerprint density at radius 2 is 2.11 bits per heavy atom. The first kappa shape index (κ1) is 13.5. The van der Waals surface area contributed by atoms with Gasteiger partial charge < -0.3 is 10.0 Å². The van der Waals surface area contributed by atoms with Gasteiger partial charge in [0.05, 0.1) is 10.7 Å². The molecule has 1 aromatic heterocycles. The third-order valence-corrected chi connectivity index (χ3v) is 4.51. The Labute approximate surface area is 112 Å². The molecule has 0 radical (unpaired) electrons. The second-order valence-electron chi connectivity index (χ2n) is 4.68. The summed E-state index contributed by atoms with van der Waals surface area (Å²) in [7, 11) is 0. The highest BCUT2D eigenvalue weighted by molar-refractivity contribution is 7.13. The highest BCUT2D eigenvalue weighted by atomic mass is 32.1. The maximum atomic E-state index is 11.2. The summed E-state index contributed by atoms with van der Waals surface area (Å²) in [5, 5.41) is 10.2. The quantitative estimate of drug-likeness (QED) is 0.826. The molecule has 0 bridgehead atoms. The topological polar surface area (TPSA) is 53.4 Å². The highest BCUT2D eigenvalue weighted by Crippen LogP contribution is 2.42. The fourth-order valence-corrected chi connectivity index (χ4v) is 3.04. The first-order valence-electron chi connectivity index (χ1n) is 6.60. The molecule has 5 heteroatoms. The summed E-state index contributed by atoms with van der Waals surface area (Å²) in [5.41, 5.74) is 0.835. The molecular weight excluding hydrogens is 248 g/mol.